The fourth-order valence-corrected chi connectivity index (χ4v) is 9.11. The first kappa shape index (κ1) is 55.4. The average Bonchev–Trinajstić information content (AvgIpc) is 3.58. The van der Waals surface area contributed by atoms with E-state index in [2.05, 4.69) is 5.32 Å². The number of hydrogen-bond acceptors (Lipinski definition) is 15. The zero-order chi connectivity index (χ0) is 54.8. The first-order valence-corrected chi connectivity index (χ1v) is 25.8. The summed E-state index contributed by atoms with van der Waals surface area (Å²) < 4.78 is 65.7. The molecular weight excluding hydrogens is 1010 g/mol. The molecule has 79 heavy (non-hydrogen) atoms. The number of ether oxygens (including phenoxy) is 10. The van der Waals surface area contributed by atoms with Crippen LogP contribution in [0.4, 0.5) is 0 Å². The first-order chi connectivity index (χ1) is 38.7. The molecule has 2 fully saturated rings. The molecule has 2 saturated heterocycles. The van der Waals surface area contributed by atoms with Crippen LogP contribution in [0.15, 0.2) is 212 Å². The number of carbonyl (C=O) groups excluding carboxylic acids is 5. The van der Waals surface area contributed by atoms with Crippen LogP contribution < -0.4 is 5.32 Å². The number of esters is 4. The molecule has 16 nitrogen and oxygen atoms in total. The maximum absolute atomic E-state index is 14.5. The van der Waals surface area contributed by atoms with E-state index in [0.717, 1.165) is 16.7 Å². The molecule has 0 bridgehead atoms. The van der Waals surface area contributed by atoms with Gasteiger partial charge in [-0.2, -0.15) is 0 Å². The third kappa shape index (κ3) is 15.2. The third-order valence-electron chi connectivity index (χ3n) is 13.0. The molecule has 1 N–H and O–H groups in total. The predicted molar refractivity (Wildman–Crippen MR) is 286 cm³/mol. The minimum absolute atomic E-state index is 0.00468. The number of carbonyl (C=O) groups is 5. The third-order valence-corrected chi connectivity index (χ3v) is 13.0. The summed E-state index contributed by atoms with van der Waals surface area (Å²) in [7, 11) is 0. The topological polar surface area (TPSA) is 190 Å². The second kappa shape index (κ2) is 27.8. The molecule has 0 radical (unpaired) electrons. The Morgan fingerprint density at radius 3 is 1.24 bits per heavy atom. The van der Waals surface area contributed by atoms with Crippen LogP contribution in [0.25, 0.3) is 0 Å². The molecule has 2 heterocycles. The van der Waals surface area contributed by atoms with Gasteiger partial charge in [0.05, 0.1) is 48.7 Å². The molecule has 10 atom stereocenters. The summed E-state index contributed by atoms with van der Waals surface area (Å²) in [6.45, 7) is 0.787. The fourth-order valence-electron chi connectivity index (χ4n) is 9.11. The normalized spacial score (nSPS) is 22.6. The molecule has 2 aliphatic rings. The van der Waals surface area contributed by atoms with Crippen LogP contribution in [0.2, 0.25) is 0 Å². The lowest BCUT2D eigenvalue weighted by Gasteiger charge is -2.49. The lowest BCUT2D eigenvalue weighted by molar-refractivity contribution is -0.351. The van der Waals surface area contributed by atoms with Crippen LogP contribution in [0.5, 0.6) is 0 Å². The highest BCUT2D eigenvalue weighted by atomic mass is 16.8. The van der Waals surface area contributed by atoms with E-state index in [1.807, 2.05) is 91.0 Å². The van der Waals surface area contributed by atoms with Crippen LogP contribution in [0.3, 0.4) is 0 Å². The van der Waals surface area contributed by atoms with Gasteiger partial charge in [0.2, 0.25) is 5.91 Å². The summed E-state index contributed by atoms with van der Waals surface area (Å²) in [6.07, 6.45) is -13.3. The van der Waals surface area contributed by atoms with Crippen molar-refractivity contribution in [3.63, 3.8) is 0 Å². The van der Waals surface area contributed by atoms with Gasteiger partial charge in [0, 0.05) is 6.92 Å². The van der Waals surface area contributed by atoms with Crippen LogP contribution in [-0.4, -0.2) is 104 Å². The van der Waals surface area contributed by atoms with Gasteiger partial charge < -0.3 is 52.7 Å². The summed E-state index contributed by atoms with van der Waals surface area (Å²) in [5.41, 5.74) is 2.98. The van der Waals surface area contributed by atoms with Crippen LogP contribution in [0.1, 0.15) is 65.0 Å². The van der Waals surface area contributed by atoms with Crippen molar-refractivity contribution >= 4 is 29.8 Å². The summed E-state index contributed by atoms with van der Waals surface area (Å²) in [5, 5.41) is 3.00. The average molecular weight is 1070 g/mol. The summed E-state index contributed by atoms with van der Waals surface area (Å²) in [5.74, 6) is -3.86. The van der Waals surface area contributed by atoms with Gasteiger partial charge in [0.1, 0.15) is 37.1 Å². The highest BCUT2D eigenvalue weighted by molar-refractivity contribution is 5.91. The van der Waals surface area contributed by atoms with E-state index < -0.39 is 97.7 Å². The second-order valence-corrected chi connectivity index (χ2v) is 18.6. The summed E-state index contributed by atoms with van der Waals surface area (Å²) in [4.78, 5) is 70.5. The Kier molecular flexibility index (Phi) is 19.5. The Balaban J connectivity index is 1.17. The maximum atomic E-state index is 14.5. The molecule has 406 valence electrons. The Bertz CT molecular complexity index is 3030. The number of nitrogens with one attached hydrogen (secondary N) is 1. The molecular formula is C63H59NO15. The number of rotatable bonds is 22. The molecule has 1 amide bonds. The van der Waals surface area contributed by atoms with Crippen molar-refractivity contribution < 1.29 is 71.3 Å². The zero-order valence-corrected chi connectivity index (χ0v) is 43.1. The molecule has 0 unspecified atom stereocenters. The highest BCUT2D eigenvalue weighted by Crippen LogP contribution is 2.36. The predicted octanol–water partition coefficient (Wildman–Crippen LogP) is 8.88. The standard InChI is InChI=1S/C63H59NO15/c1-42(65)64-52-55(71-38-44-25-11-3-12-26-44)53(50(40-70-37-43-23-9-2-10-24-43)74-62(52)73-39-45-27-13-4-14-28-45)79-63-57(78-61(69)49-35-21-8-22-36-49)56(77-60(68)48-33-19-7-20-34-48)54(76-59(67)47-31-17-6-18-32-47)51(75-63)41-72-58(66)46-29-15-5-16-30-46/h2-36,50-57,62-63H,37-41H2,1H3,(H,64,65)/t50-,51-,52-,53-,54-,55-,56+,57-,62-,63-/m1/s1. The monoisotopic (exact) mass is 1070 g/mol. The number of benzene rings is 7. The van der Waals surface area contributed by atoms with E-state index in [0.29, 0.717) is 0 Å². The fraction of sp³-hybridized carbons (Fsp3) is 0.254. The minimum Gasteiger partial charge on any atom is -0.459 e. The lowest BCUT2D eigenvalue weighted by atomic mass is 9.94. The molecule has 0 saturated carbocycles. The Hall–Kier alpha value is -8.35. The molecule has 0 aromatic heterocycles. The number of amides is 1. The highest BCUT2D eigenvalue weighted by Gasteiger charge is 2.57. The van der Waals surface area contributed by atoms with Gasteiger partial charge in [-0.25, -0.2) is 19.2 Å². The van der Waals surface area contributed by atoms with Crippen molar-refractivity contribution in [3.8, 4) is 0 Å². The SMILES string of the molecule is CC(=O)N[C@H]1[C@H](OCc2ccccc2)O[C@H](COCc2ccccc2)[C@@H](O[C@H]2O[C@H](COC(=O)c3ccccc3)[C@@H](OC(=O)c3ccccc3)[C@H](OC(=O)c3ccccc3)[C@H]2OC(=O)c2ccccc2)[C@@H]1OCc1ccccc1. The first-order valence-electron chi connectivity index (χ1n) is 25.8. The van der Waals surface area contributed by atoms with Crippen molar-refractivity contribution in [2.24, 2.45) is 0 Å². The van der Waals surface area contributed by atoms with Crippen molar-refractivity contribution in [2.75, 3.05) is 13.2 Å². The van der Waals surface area contributed by atoms with Gasteiger partial charge >= 0.3 is 23.9 Å². The van der Waals surface area contributed by atoms with Gasteiger partial charge in [0.25, 0.3) is 0 Å². The van der Waals surface area contributed by atoms with Crippen LogP contribution in [-0.2, 0) is 72.0 Å². The van der Waals surface area contributed by atoms with Crippen LogP contribution >= 0.6 is 0 Å². The molecule has 0 spiro atoms. The minimum atomic E-state index is -1.79. The van der Waals surface area contributed by atoms with E-state index in [4.69, 9.17) is 47.4 Å². The van der Waals surface area contributed by atoms with Crippen molar-refractivity contribution in [3.05, 3.63) is 251 Å². The number of hydrogen-bond donors (Lipinski definition) is 1. The van der Waals surface area contributed by atoms with Crippen LogP contribution in [0, 0.1) is 0 Å². The Labute approximate surface area is 457 Å². The zero-order valence-electron chi connectivity index (χ0n) is 43.1. The second-order valence-electron chi connectivity index (χ2n) is 18.6. The molecule has 9 rings (SSSR count). The van der Waals surface area contributed by atoms with Gasteiger partial charge in [-0.3, -0.25) is 4.79 Å². The summed E-state index contributed by atoms with van der Waals surface area (Å²) >= 11 is 0. The van der Waals surface area contributed by atoms with E-state index in [9.17, 15) is 24.0 Å². The van der Waals surface area contributed by atoms with Crippen molar-refractivity contribution in [1.29, 1.82) is 0 Å². The molecule has 0 aliphatic carbocycles. The summed E-state index contributed by atoms with van der Waals surface area (Å²) in [6, 6.07) is 59.5. The lowest BCUT2D eigenvalue weighted by Crippen LogP contribution is -2.69. The molecule has 16 heteroatoms. The molecule has 2 aliphatic heterocycles. The van der Waals surface area contributed by atoms with Gasteiger partial charge in [-0.15, -0.1) is 0 Å². The van der Waals surface area contributed by atoms with E-state index >= 15 is 0 Å². The maximum Gasteiger partial charge on any atom is 0.338 e. The van der Waals surface area contributed by atoms with E-state index in [1.54, 1.807) is 84.9 Å². The smallest absolute Gasteiger partial charge is 0.338 e. The Morgan fingerprint density at radius 2 is 0.772 bits per heavy atom. The quantitative estimate of drug-likeness (QED) is 0.0500. The van der Waals surface area contributed by atoms with Gasteiger partial charge in [-0.05, 0) is 65.2 Å². The Morgan fingerprint density at radius 1 is 0.392 bits per heavy atom. The van der Waals surface area contributed by atoms with Gasteiger partial charge in [0.15, 0.2) is 30.9 Å². The van der Waals surface area contributed by atoms with E-state index in [-0.39, 0.29) is 48.7 Å². The largest absolute Gasteiger partial charge is 0.459 e. The molecule has 7 aromatic carbocycles. The van der Waals surface area contributed by atoms with E-state index in [1.165, 1.54) is 43.3 Å². The molecule has 7 aromatic rings. The van der Waals surface area contributed by atoms with Crippen molar-refractivity contribution in [1.82, 2.24) is 5.32 Å². The van der Waals surface area contributed by atoms with Crippen molar-refractivity contribution in [2.45, 2.75) is 88.1 Å². The van der Waals surface area contributed by atoms with Gasteiger partial charge in [-0.1, -0.05) is 164 Å².